The lowest BCUT2D eigenvalue weighted by Crippen LogP contribution is -2.38. The highest BCUT2D eigenvalue weighted by Gasteiger charge is 2.34. The number of anilines is 1. The van der Waals surface area contributed by atoms with Gasteiger partial charge in [-0.05, 0) is 57.5 Å². The van der Waals surface area contributed by atoms with Gasteiger partial charge in [-0.25, -0.2) is 9.18 Å². The van der Waals surface area contributed by atoms with Gasteiger partial charge in [0.1, 0.15) is 5.60 Å². The Bertz CT molecular complexity index is 561. The molecule has 0 bridgehead atoms. The van der Waals surface area contributed by atoms with Crippen LogP contribution in [-0.2, 0) is 14.3 Å². The highest BCUT2D eigenvalue weighted by molar-refractivity contribution is 6.64. The van der Waals surface area contributed by atoms with Gasteiger partial charge in [-0.2, -0.15) is 0 Å². The number of carbonyl (C=O) groups excluding carboxylic acids is 2. The molecule has 0 spiro atoms. The Morgan fingerprint density at radius 3 is 2.70 bits per heavy atom. The van der Waals surface area contributed by atoms with Crippen molar-refractivity contribution in [2.24, 2.45) is 0 Å². The first-order valence-corrected chi connectivity index (χ1v) is 7.53. The molecule has 23 heavy (non-hydrogen) atoms. The van der Waals surface area contributed by atoms with Crippen LogP contribution in [0.2, 0.25) is 0 Å². The monoisotopic (exact) mass is 322 g/mol. The second-order valence-electron chi connectivity index (χ2n) is 6.48. The fourth-order valence-corrected chi connectivity index (χ4v) is 2.25. The molecular weight excluding hydrogens is 298 g/mol. The number of nitrogens with two attached hydrogens (primary N) is 1. The van der Waals surface area contributed by atoms with E-state index < -0.39 is 23.7 Å². The number of carbonyl (C=O) groups is 2. The number of rotatable bonds is 7. The summed E-state index contributed by atoms with van der Waals surface area (Å²) in [4.78, 5) is 22.5. The summed E-state index contributed by atoms with van der Waals surface area (Å²) in [7, 11) is 0.0822. The molecule has 7 heteroatoms. The molecule has 0 aromatic heterocycles. The third-order valence-corrected chi connectivity index (χ3v) is 3.28. The number of aryl methyl sites for hydroxylation is 1. The lowest BCUT2D eigenvalue weighted by atomic mass is 9.87. The molecule has 0 fully saturated rings. The quantitative estimate of drug-likeness (QED) is 0.261. The molecule has 0 radical (unpaired) electrons. The van der Waals surface area contributed by atoms with E-state index in [2.05, 4.69) is 5.23 Å². The van der Waals surface area contributed by atoms with Crippen LogP contribution in [0.15, 0.2) is 18.2 Å². The first-order valence-electron chi connectivity index (χ1n) is 7.53. The molecule has 0 heterocycles. The van der Waals surface area contributed by atoms with Gasteiger partial charge in [-0.15, -0.1) is 0 Å². The summed E-state index contributed by atoms with van der Waals surface area (Å²) >= 11 is 0. The molecule has 1 aromatic carbocycles. The first kappa shape index (κ1) is 19.2. The number of alkyl halides is 1. The van der Waals surface area contributed by atoms with Crippen molar-refractivity contribution in [3.05, 3.63) is 29.3 Å². The number of benzene rings is 1. The molecule has 0 saturated heterocycles. The molecule has 5 nitrogen and oxygen atoms in total. The summed E-state index contributed by atoms with van der Waals surface area (Å²) in [6.45, 7) is 7.00. The van der Waals surface area contributed by atoms with E-state index in [0.29, 0.717) is 17.4 Å². The van der Waals surface area contributed by atoms with Crippen LogP contribution in [0.1, 0.15) is 37.8 Å². The van der Waals surface area contributed by atoms with Crippen LogP contribution in [0.5, 0.6) is 0 Å². The third kappa shape index (κ3) is 6.02. The predicted octanol–water partition coefficient (Wildman–Crippen LogP) is 1.47. The van der Waals surface area contributed by atoms with Crippen LogP contribution >= 0.6 is 0 Å². The Morgan fingerprint density at radius 2 is 2.13 bits per heavy atom. The molecule has 3 N–H and O–H groups in total. The molecule has 0 aliphatic rings. The Labute approximate surface area is 137 Å². The molecule has 2 unspecified atom stereocenters. The maximum atomic E-state index is 14.8. The van der Waals surface area contributed by atoms with E-state index in [0.717, 1.165) is 5.56 Å². The number of hydrogen-bond donors (Lipinski definition) is 2. The maximum Gasteiger partial charge on any atom is 0.341 e. The van der Waals surface area contributed by atoms with Crippen molar-refractivity contribution in [1.82, 2.24) is 5.23 Å². The predicted molar refractivity (Wildman–Crippen MR) is 91.0 cm³/mol. The van der Waals surface area contributed by atoms with Crippen LogP contribution in [0.4, 0.5) is 10.1 Å². The largest absolute Gasteiger partial charge is 0.458 e. The fraction of sp³-hybridized carbons (Fsp3) is 0.500. The van der Waals surface area contributed by atoms with E-state index in [1.165, 1.54) is 0 Å². The van der Waals surface area contributed by atoms with Crippen molar-refractivity contribution in [2.45, 2.75) is 45.4 Å². The minimum Gasteiger partial charge on any atom is -0.458 e. The number of esters is 1. The number of ether oxygens (including phenoxy) is 1. The Hall–Kier alpha value is -1.89. The molecular formula is C16H24BFN2O3. The first-order chi connectivity index (χ1) is 10.7. The zero-order valence-corrected chi connectivity index (χ0v) is 14.1. The van der Waals surface area contributed by atoms with Gasteiger partial charge in [0.25, 0.3) is 7.41 Å². The van der Waals surface area contributed by atoms with Gasteiger partial charge < -0.3 is 20.5 Å². The van der Waals surface area contributed by atoms with Gasteiger partial charge in [0.15, 0.2) is 0 Å². The molecule has 0 saturated carbocycles. The summed E-state index contributed by atoms with van der Waals surface area (Å²) in [5.74, 6) is -1.70. The third-order valence-electron chi connectivity index (χ3n) is 3.28. The smallest absolute Gasteiger partial charge is 0.341 e. The number of hydrogen-bond acceptors (Lipinski definition) is 5. The topological polar surface area (TPSA) is 81.4 Å². The van der Waals surface area contributed by atoms with Crippen LogP contribution in [0.3, 0.4) is 0 Å². The zero-order valence-electron chi connectivity index (χ0n) is 14.1. The van der Waals surface area contributed by atoms with Gasteiger partial charge in [0, 0.05) is 11.6 Å². The molecule has 1 rings (SSSR count). The van der Waals surface area contributed by atoms with E-state index in [1.807, 2.05) is 6.92 Å². The fourth-order valence-electron chi connectivity index (χ4n) is 2.25. The van der Waals surface area contributed by atoms with Crippen LogP contribution in [0.25, 0.3) is 0 Å². The van der Waals surface area contributed by atoms with Gasteiger partial charge >= 0.3 is 5.97 Å². The van der Waals surface area contributed by atoms with Crippen LogP contribution < -0.4 is 11.0 Å². The van der Waals surface area contributed by atoms with E-state index in [-0.39, 0.29) is 14.0 Å². The minimum absolute atomic E-state index is 0.0822. The van der Waals surface area contributed by atoms with Gasteiger partial charge in [0.2, 0.25) is 6.17 Å². The van der Waals surface area contributed by atoms with Crippen molar-refractivity contribution in [3.8, 4) is 0 Å². The maximum absolute atomic E-state index is 14.8. The van der Waals surface area contributed by atoms with Gasteiger partial charge in [-0.3, -0.25) is 0 Å². The van der Waals surface area contributed by atoms with Gasteiger partial charge in [0.05, 0.1) is 6.19 Å². The lowest BCUT2D eigenvalue weighted by molar-refractivity contribution is -0.161. The Balaban J connectivity index is 3.06. The summed E-state index contributed by atoms with van der Waals surface area (Å²) in [6.07, 6.45) is -1.17. The number of nitrogens with one attached hydrogen (secondary N) is 1. The van der Waals surface area contributed by atoms with E-state index >= 15 is 0 Å². The second-order valence-corrected chi connectivity index (χ2v) is 6.48. The van der Waals surface area contributed by atoms with Crippen LogP contribution in [0, 0.1) is 6.92 Å². The second kappa shape index (κ2) is 8.10. The SMILES string of the molecule is Cc1ccc(N)cc1C(CNBC=O)C(F)C(=O)OC(C)(C)C. The van der Waals surface area contributed by atoms with Crippen molar-refractivity contribution < 1.29 is 18.7 Å². The van der Waals surface area contributed by atoms with E-state index in [9.17, 15) is 14.0 Å². The molecule has 2 atom stereocenters. The average molecular weight is 322 g/mol. The average Bonchev–Trinajstić information content (AvgIpc) is 2.44. The van der Waals surface area contributed by atoms with Crippen LogP contribution in [-0.4, -0.2) is 37.9 Å². The number of nitrogen functional groups attached to an aromatic ring is 1. The lowest BCUT2D eigenvalue weighted by Gasteiger charge is -2.26. The Morgan fingerprint density at radius 1 is 1.48 bits per heavy atom. The van der Waals surface area contributed by atoms with Crippen molar-refractivity contribution in [2.75, 3.05) is 12.3 Å². The summed E-state index contributed by atoms with van der Waals surface area (Å²) in [6, 6.07) is 5.15. The molecule has 0 aliphatic carbocycles. The highest BCUT2D eigenvalue weighted by Crippen LogP contribution is 2.28. The number of halogens is 1. The van der Waals surface area contributed by atoms with E-state index in [4.69, 9.17) is 10.5 Å². The summed E-state index contributed by atoms with van der Waals surface area (Å²) < 4.78 is 19.9. The van der Waals surface area contributed by atoms with Gasteiger partial charge in [-0.1, -0.05) is 6.07 Å². The van der Waals surface area contributed by atoms with E-state index in [1.54, 1.807) is 39.0 Å². The minimum atomic E-state index is -1.85. The molecule has 0 aliphatic heterocycles. The van der Waals surface area contributed by atoms with Crippen molar-refractivity contribution in [1.29, 1.82) is 0 Å². The van der Waals surface area contributed by atoms with Crippen molar-refractivity contribution >= 4 is 25.3 Å². The summed E-state index contributed by atoms with van der Waals surface area (Å²) in [5, 5.41) is 2.82. The summed E-state index contributed by atoms with van der Waals surface area (Å²) in [5.41, 5.74) is 6.95. The standard InChI is InChI=1S/C16H24BFN2O3/c1-10-5-6-11(19)7-12(10)13(8-20-17-9-21)14(18)15(22)23-16(2,3)4/h5-7,9,13-14,17,20H,8,19H2,1-4H3. The molecule has 1 aromatic rings. The molecule has 126 valence electrons. The highest BCUT2D eigenvalue weighted by atomic mass is 19.1. The zero-order chi connectivity index (χ0) is 17.6. The normalized spacial score (nSPS) is 14.0. The Kier molecular flexibility index (Phi) is 6.75. The van der Waals surface area contributed by atoms with Crippen molar-refractivity contribution in [3.63, 3.8) is 0 Å². The molecule has 0 amide bonds.